The molecule has 1 amide bonds. The Balaban J connectivity index is 1.72. The highest BCUT2D eigenvalue weighted by Gasteiger charge is 2.33. The Hall–Kier alpha value is -2.64. The van der Waals surface area contributed by atoms with Gasteiger partial charge in [-0.05, 0) is 88.8 Å². The quantitative estimate of drug-likeness (QED) is 0.293. The molecule has 1 aromatic heterocycles. The van der Waals surface area contributed by atoms with E-state index >= 15 is 0 Å². The molecular formula is C29H33BrN2O3S. The zero-order valence-corrected chi connectivity index (χ0v) is 23.9. The van der Waals surface area contributed by atoms with Gasteiger partial charge in [-0.15, -0.1) is 11.3 Å². The SMILES string of the molecule is CCOc1cc(C=Nc2sc3c(c2C(=O)Nc2ccccc2)CC[C@H](C(C)(C)C)C3)cc(Br)c1OC. The van der Waals surface area contributed by atoms with Crippen LogP contribution in [-0.2, 0) is 12.8 Å². The summed E-state index contributed by atoms with van der Waals surface area (Å²) in [4.78, 5) is 19.6. The van der Waals surface area contributed by atoms with Crippen molar-refractivity contribution >= 4 is 50.1 Å². The van der Waals surface area contributed by atoms with Gasteiger partial charge in [0.25, 0.3) is 5.91 Å². The summed E-state index contributed by atoms with van der Waals surface area (Å²) in [5.74, 6) is 1.77. The van der Waals surface area contributed by atoms with Crippen LogP contribution >= 0.6 is 27.3 Å². The monoisotopic (exact) mass is 568 g/mol. The topological polar surface area (TPSA) is 59.9 Å². The van der Waals surface area contributed by atoms with Crippen molar-refractivity contribution in [3.8, 4) is 11.5 Å². The van der Waals surface area contributed by atoms with Crippen LogP contribution in [-0.4, -0.2) is 25.8 Å². The van der Waals surface area contributed by atoms with E-state index in [1.54, 1.807) is 24.7 Å². The van der Waals surface area contributed by atoms with E-state index in [-0.39, 0.29) is 11.3 Å². The minimum atomic E-state index is -0.106. The predicted octanol–water partition coefficient (Wildman–Crippen LogP) is 8.07. The fourth-order valence-corrected chi connectivity index (χ4v) is 6.50. The molecule has 5 nitrogen and oxygen atoms in total. The molecule has 1 N–H and O–H groups in total. The highest BCUT2D eigenvalue weighted by Crippen LogP contribution is 2.45. The number of benzene rings is 2. The Labute approximate surface area is 226 Å². The third-order valence-electron chi connectivity index (χ3n) is 6.60. The van der Waals surface area contributed by atoms with Gasteiger partial charge in [-0.3, -0.25) is 4.79 Å². The maximum Gasteiger partial charge on any atom is 0.259 e. The Morgan fingerprint density at radius 2 is 2.00 bits per heavy atom. The van der Waals surface area contributed by atoms with Crippen molar-refractivity contribution in [1.29, 1.82) is 0 Å². The van der Waals surface area contributed by atoms with Crippen molar-refractivity contribution in [3.05, 3.63) is 68.5 Å². The molecule has 1 aliphatic rings. The van der Waals surface area contributed by atoms with Crippen LogP contribution < -0.4 is 14.8 Å². The summed E-state index contributed by atoms with van der Waals surface area (Å²) in [6.45, 7) is 9.37. The Kier molecular flexibility index (Phi) is 8.20. The normalized spacial score (nSPS) is 15.6. The number of anilines is 1. The molecule has 0 radical (unpaired) electrons. The number of ether oxygens (including phenoxy) is 2. The summed E-state index contributed by atoms with van der Waals surface area (Å²) in [6, 6.07) is 13.4. The maximum atomic E-state index is 13.5. The van der Waals surface area contributed by atoms with Crippen molar-refractivity contribution in [2.24, 2.45) is 16.3 Å². The molecule has 0 unspecified atom stereocenters. The van der Waals surface area contributed by atoms with Gasteiger partial charge < -0.3 is 14.8 Å². The van der Waals surface area contributed by atoms with Crippen LogP contribution in [0.3, 0.4) is 0 Å². The fraction of sp³-hybridized carbons (Fsp3) is 0.379. The predicted molar refractivity (Wildman–Crippen MR) is 153 cm³/mol. The number of para-hydroxylation sites is 1. The molecule has 0 fully saturated rings. The number of aliphatic imine (C=N–C) groups is 1. The van der Waals surface area contributed by atoms with Gasteiger partial charge in [-0.25, -0.2) is 4.99 Å². The summed E-state index contributed by atoms with van der Waals surface area (Å²) in [5, 5.41) is 3.82. The molecule has 7 heteroatoms. The van der Waals surface area contributed by atoms with Crippen molar-refractivity contribution in [2.45, 2.75) is 47.0 Å². The number of fused-ring (bicyclic) bond motifs is 1. The second-order valence-electron chi connectivity index (χ2n) is 10.0. The van der Waals surface area contributed by atoms with Crippen LogP contribution in [0.15, 0.2) is 51.9 Å². The molecule has 2 aromatic carbocycles. The average molecular weight is 570 g/mol. The van der Waals surface area contributed by atoms with Gasteiger partial charge in [0.15, 0.2) is 11.5 Å². The average Bonchev–Trinajstić information content (AvgIpc) is 3.21. The number of nitrogens with one attached hydrogen (secondary N) is 1. The third kappa shape index (κ3) is 5.84. The van der Waals surface area contributed by atoms with E-state index in [1.807, 2.05) is 49.4 Å². The number of carbonyl (C=O) groups excluding carboxylic acids is 1. The first-order chi connectivity index (χ1) is 17.2. The molecule has 0 bridgehead atoms. The lowest BCUT2D eigenvalue weighted by atomic mass is 9.72. The summed E-state index contributed by atoms with van der Waals surface area (Å²) in [6.07, 6.45) is 4.74. The minimum Gasteiger partial charge on any atom is -0.492 e. The molecule has 0 saturated carbocycles. The number of halogens is 1. The van der Waals surface area contributed by atoms with Gasteiger partial charge in [0, 0.05) is 16.8 Å². The van der Waals surface area contributed by atoms with Crippen molar-refractivity contribution in [3.63, 3.8) is 0 Å². The van der Waals surface area contributed by atoms with E-state index in [9.17, 15) is 4.79 Å². The summed E-state index contributed by atoms with van der Waals surface area (Å²) < 4.78 is 12.0. The summed E-state index contributed by atoms with van der Waals surface area (Å²) in [7, 11) is 1.62. The lowest BCUT2D eigenvalue weighted by molar-refractivity contribution is 0.102. The molecule has 36 heavy (non-hydrogen) atoms. The molecule has 0 saturated heterocycles. The van der Waals surface area contributed by atoms with Gasteiger partial charge in [-0.2, -0.15) is 0 Å². The number of methoxy groups -OCH3 is 1. The maximum absolute atomic E-state index is 13.5. The van der Waals surface area contributed by atoms with Gasteiger partial charge in [0.2, 0.25) is 0 Å². The van der Waals surface area contributed by atoms with Crippen LogP contribution in [0.1, 0.15) is 60.5 Å². The number of carbonyl (C=O) groups is 1. The lowest BCUT2D eigenvalue weighted by Crippen LogP contribution is -2.27. The summed E-state index contributed by atoms with van der Waals surface area (Å²) in [5.41, 5.74) is 3.70. The minimum absolute atomic E-state index is 0.106. The van der Waals surface area contributed by atoms with Crippen LogP contribution in [0, 0.1) is 11.3 Å². The van der Waals surface area contributed by atoms with E-state index in [1.165, 1.54) is 4.88 Å². The number of nitrogens with zero attached hydrogens (tertiary/aromatic N) is 1. The van der Waals surface area contributed by atoms with Crippen molar-refractivity contribution in [1.82, 2.24) is 0 Å². The van der Waals surface area contributed by atoms with Gasteiger partial charge in [-0.1, -0.05) is 39.0 Å². The molecule has 190 valence electrons. The van der Waals surface area contributed by atoms with Crippen LogP contribution in [0.4, 0.5) is 10.7 Å². The smallest absolute Gasteiger partial charge is 0.259 e. The first kappa shape index (κ1) is 26.4. The molecular weight excluding hydrogens is 536 g/mol. The number of hydrogen-bond donors (Lipinski definition) is 1. The van der Waals surface area contributed by atoms with Crippen LogP contribution in [0.5, 0.6) is 11.5 Å². The van der Waals surface area contributed by atoms with Crippen molar-refractivity contribution < 1.29 is 14.3 Å². The zero-order chi connectivity index (χ0) is 25.9. The number of rotatable bonds is 7. The van der Waals surface area contributed by atoms with E-state index in [4.69, 9.17) is 14.5 Å². The molecule has 0 aliphatic heterocycles. The Morgan fingerprint density at radius 1 is 1.25 bits per heavy atom. The van der Waals surface area contributed by atoms with E-state index in [0.717, 1.165) is 45.6 Å². The molecule has 1 aliphatic carbocycles. The van der Waals surface area contributed by atoms with Crippen molar-refractivity contribution in [2.75, 3.05) is 19.0 Å². The summed E-state index contributed by atoms with van der Waals surface area (Å²) >= 11 is 5.21. The standard InChI is InChI=1S/C29H33BrN2O3S/c1-6-35-23-15-18(14-22(30)26(23)34-5)17-31-28-25(27(33)32-20-10-8-7-9-11-20)21-13-12-19(29(2,3)4)16-24(21)36-28/h7-11,14-15,17,19H,6,12-13,16H2,1-5H3,(H,32,33)/t19-/m0/s1. The first-order valence-corrected chi connectivity index (χ1v) is 13.9. The third-order valence-corrected chi connectivity index (χ3v) is 8.35. The van der Waals surface area contributed by atoms with Crippen LogP contribution in [0.2, 0.25) is 0 Å². The highest BCUT2D eigenvalue weighted by molar-refractivity contribution is 9.10. The van der Waals surface area contributed by atoms with E-state index in [0.29, 0.717) is 29.6 Å². The molecule has 4 rings (SSSR count). The molecule has 1 atom stereocenters. The van der Waals surface area contributed by atoms with Gasteiger partial charge in [0.05, 0.1) is 23.8 Å². The largest absolute Gasteiger partial charge is 0.492 e. The first-order valence-electron chi connectivity index (χ1n) is 12.3. The Morgan fingerprint density at radius 3 is 2.67 bits per heavy atom. The van der Waals surface area contributed by atoms with Gasteiger partial charge in [0.1, 0.15) is 5.00 Å². The number of amides is 1. The van der Waals surface area contributed by atoms with Gasteiger partial charge >= 0.3 is 0 Å². The molecule has 3 aromatic rings. The van der Waals surface area contributed by atoms with E-state index < -0.39 is 0 Å². The second kappa shape index (κ2) is 11.2. The fourth-order valence-electron chi connectivity index (χ4n) is 4.61. The Bertz CT molecular complexity index is 1260. The molecule has 0 spiro atoms. The lowest BCUT2D eigenvalue weighted by Gasteiger charge is -2.33. The number of hydrogen-bond acceptors (Lipinski definition) is 5. The number of thiophene rings is 1. The second-order valence-corrected chi connectivity index (χ2v) is 12.0. The van der Waals surface area contributed by atoms with E-state index in [2.05, 4.69) is 42.0 Å². The highest BCUT2D eigenvalue weighted by atomic mass is 79.9. The zero-order valence-electron chi connectivity index (χ0n) is 21.5. The molecule has 1 heterocycles. The van der Waals surface area contributed by atoms with Crippen LogP contribution in [0.25, 0.3) is 0 Å².